The molecule has 0 spiro atoms. The summed E-state index contributed by atoms with van der Waals surface area (Å²) in [5.74, 6) is 0.800. The van der Waals surface area contributed by atoms with E-state index in [1.54, 1.807) is 30.3 Å². The molecular weight excluding hydrogens is 496 g/mol. The lowest BCUT2D eigenvalue weighted by Crippen LogP contribution is -2.21. The van der Waals surface area contributed by atoms with E-state index < -0.39 is 5.97 Å². The van der Waals surface area contributed by atoms with Gasteiger partial charge in [0.15, 0.2) is 6.61 Å². The maximum absolute atomic E-state index is 12.3. The van der Waals surface area contributed by atoms with Crippen LogP contribution in [-0.2, 0) is 4.79 Å². The molecule has 34 heavy (non-hydrogen) atoms. The molecule has 1 aliphatic rings. The Labute approximate surface area is 206 Å². The summed E-state index contributed by atoms with van der Waals surface area (Å²) in [5.41, 5.74) is 9.34. The lowest BCUT2D eigenvalue weighted by Gasteiger charge is -2.27. The molecule has 1 unspecified atom stereocenters. The number of nitriles is 1. The Hall–Kier alpha value is -3.76. The average Bonchev–Trinajstić information content (AvgIpc) is 2.83. The van der Waals surface area contributed by atoms with Crippen LogP contribution in [0.1, 0.15) is 42.4 Å². The molecule has 1 atom stereocenters. The summed E-state index contributed by atoms with van der Waals surface area (Å²) in [7, 11) is 0. The van der Waals surface area contributed by atoms with Crippen LogP contribution in [0.3, 0.4) is 0 Å². The minimum Gasteiger partial charge on any atom is -0.482 e. The number of hydrogen-bond donors (Lipinski definition) is 1. The second kappa shape index (κ2) is 10.0. The van der Waals surface area contributed by atoms with E-state index in [0.29, 0.717) is 28.7 Å². The number of esters is 1. The zero-order valence-corrected chi connectivity index (χ0v) is 20.3. The van der Waals surface area contributed by atoms with Crippen LogP contribution < -0.4 is 19.9 Å². The lowest BCUT2D eigenvalue weighted by atomic mass is 9.83. The lowest BCUT2D eigenvalue weighted by molar-refractivity contribution is -0.136. The van der Waals surface area contributed by atoms with Gasteiger partial charge in [-0.3, -0.25) is 0 Å². The highest BCUT2D eigenvalue weighted by Crippen LogP contribution is 2.43. The van der Waals surface area contributed by atoms with Crippen molar-refractivity contribution in [3.05, 3.63) is 99.3 Å². The summed E-state index contributed by atoms with van der Waals surface area (Å²) in [5, 5.41) is 9.75. The van der Waals surface area contributed by atoms with Crippen molar-refractivity contribution >= 4 is 21.9 Å². The first-order valence-corrected chi connectivity index (χ1v) is 11.6. The molecule has 1 heterocycles. The van der Waals surface area contributed by atoms with Gasteiger partial charge in [-0.2, -0.15) is 5.26 Å². The van der Waals surface area contributed by atoms with Crippen LogP contribution in [0, 0.1) is 11.3 Å². The van der Waals surface area contributed by atoms with Gasteiger partial charge in [0.1, 0.15) is 28.9 Å². The standard InChI is InChI=1S/C27H23BrN2O4/c1-16(2)17-3-5-18(6-4-17)26-22-12-11-21(13-24(22)34-27(30)23(26)14-29)33-25(31)15-32-20-9-7-19(28)8-10-20/h3-13,16,26H,15,30H2,1-2H3. The third kappa shape index (κ3) is 5.08. The fourth-order valence-corrected chi connectivity index (χ4v) is 4.01. The van der Waals surface area contributed by atoms with E-state index in [2.05, 4.69) is 48.0 Å². The van der Waals surface area contributed by atoms with Crippen LogP contribution in [-0.4, -0.2) is 12.6 Å². The minimum absolute atomic E-state index is 0.0370. The molecule has 0 fully saturated rings. The van der Waals surface area contributed by atoms with Crippen LogP contribution >= 0.6 is 15.9 Å². The molecule has 0 amide bonds. The number of hydrogen-bond acceptors (Lipinski definition) is 6. The number of fused-ring (bicyclic) bond motifs is 1. The molecule has 0 saturated heterocycles. The van der Waals surface area contributed by atoms with Crippen LogP contribution in [0.5, 0.6) is 17.2 Å². The number of nitrogens with zero attached hydrogens (tertiary/aromatic N) is 1. The van der Waals surface area contributed by atoms with Gasteiger partial charge in [0, 0.05) is 16.1 Å². The van der Waals surface area contributed by atoms with Crippen molar-refractivity contribution in [2.24, 2.45) is 5.73 Å². The van der Waals surface area contributed by atoms with Gasteiger partial charge in [-0.05, 0) is 47.4 Å². The Bertz CT molecular complexity index is 1280. The molecule has 172 valence electrons. The number of carbonyl (C=O) groups is 1. The highest BCUT2D eigenvalue weighted by atomic mass is 79.9. The van der Waals surface area contributed by atoms with Crippen molar-refractivity contribution in [1.29, 1.82) is 5.26 Å². The predicted molar refractivity (Wildman–Crippen MR) is 132 cm³/mol. The van der Waals surface area contributed by atoms with Crippen molar-refractivity contribution in [2.75, 3.05) is 6.61 Å². The first-order chi connectivity index (χ1) is 16.4. The molecule has 2 N–H and O–H groups in total. The summed E-state index contributed by atoms with van der Waals surface area (Å²) >= 11 is 3.35. The third-order valence-electron chi connectivity index (χ3n) is 5.53. The second-order valence-electron chi connectivity index (χ2n) is 8.16. The molecule has 1 aliphatic heterocycles. The van der Waals surface area contributed by atoms with E-state index >= 15 is 0 Å². The van der Waals surface area contributed by atoms with E-state index in [1.807, 2.05) is 24.3 Å². The highest BCUT2D eigenvalue weighted by molar-refractivity contribution is 9.10. The summed E-state index contributed by atoms with van der Waals surface area (Å²) in [6.45, 7) is 4.01. The molecular formula is C27H23BrN2O4. The van der Waals surface area contributed by atoms with Crippen LogP contribution in [0.25, 0.3) is 0 Å². The van der Waals surface area contributed by atoms with Crippen molar-refractivity contribution in [1.82, 2.24) is 0 Å². The molecule has 0 bridgehead atoms. The molecule has 3 aromatic rings. The van der Waals surface area contributed by atoms with Gasteiger partial charge in [-0.1, -0.05) is 60.1 Å². The monoisotopic (exact) mass is 518 g/mol. The Morgan fingerprint density at radius 3 is 2.41 bits per heavy atom. The van der Waals surface area contributed by atoms with Crippen molar-refractivity contribution in [2.45, 2.75) is 25.7 Å². The number of nitrogens with two attached hydrogens (primary N) is 1. The maximum atomic E-state index is 12.3. The van der Waals surface area contributed by atoms with Gasteiger partial charge >= 0.3 is 5.97 Å². The Balaban J connectivity index is 1.54. The zero-order valence-electron chi connectivity index (χ0n) is 18.7. The first-order valence-electron chi connectivity index (χ1n) is 10.8. The van der Waals surface area contributed by atoms with E-state index in [1.165, 1.54) is 5.56 Å². The largest absolute Gasteiger partial charge is 0.482 e. The Morgan fingerprint density at radius 1 is 1.09 bits per heavy atom. The van der Waals surface area contributed by atoms with Crippen LogP contribution in [0.2, 0.25) is 0 Å². The fourth-order valence-electron chi connectivity index (χ4n) is 3.75. The zero-order chi connectivity index (χ0) is 24.2. The summed E-state index contributed by atoms with van der Waals surface area (Å²) < 4.78 is 17.5. The summed E-state index contributed by atoms with van der Waals surface area (Å²) in [6.07, 6.45) is 0. The number of rotatable bonds is 6. The van der Waals surface area contributed by atoms with Crippen molar-refractivity contribution in [3.8, 4) is 23.3 Å². The number of benzene rings is 3. The van der Waals surface area contributed by atoms with E-state index in [9.17, 15) is 10.1 Å². The topological polar surface area (TPSA) is 94.6 Å². The van der Waals surface area contributed by atoms with Gasteiger partial charge in [0.25, 0.3) is 0 Å². The molecule has 0 radical (unpaired) electrons. The van der Waals surface area contributed by atoms with E-state index in [4.69, 9.17) is 19.9 Å². The highest BCUT2D eigenvalue weighted by Gasteiger charge is 2.31. The van der Waals surface area contributed by atoms with Crippen molar-refractivity contribution < 1.29 is 19.0 Å². The number of allylic oxidation sites excluding steroid dienone is 1. The molecule has 0 saturated carbocycles. The molecule has 0 aliphatic carbocycles. The van der Waals surface area contributed by atoms with E-state index in [0.717, 1.165) is 15.6 Å². The Kier molecular flexibility index (Phi) is 6.90. The quantitative estimate of drug-likeness (QED) is 0.328. The SMILES string of the molecule is CC(C)c1ccc(C2C(C#N)=C(N)Oc3cc(OC(=O)COc4ccc(Br)cc4)ccc32)cc1. The van der Waals surface area contributed by atoms with Gasteiger partial charge in [0.05, 0.1) is 5.92 Å². The average molecular weight is 519 g/mol. The molecule has 0 aromatic heterocycles. The fraction of sp³-hybridized carbons (Fsp3) is 0.185. The molecule has 3 aromatic carbocycles. The second-order valence-corrected chi connectivity index (χ2v) is 9.08. The molecule has 4 rings (SSSR count). The van der Waals surface area contributed by atoms with Crippen LogP contribution in [0.4, 0.5) is 0 Å². The summed E-state index contributed by atoms with van der Waals surface area (Å²) in [4.78, 5) is 12.3. The minimum atomic E-state index is -0.555. The normalized spacial score (nSPS) is 14.7. The number of halogens is 1. The van der Waals surface area contributed by atoms with Gasteiger partial charge in [-0.15, -0.1) is 0 Å². The number of carbonyl (C=O) groups excluding carboxylic acids is 1. The van der Waals surface area contributed by atoms with Crippen LogP contribution in [0.15, 0.2) is 82.7 Å². The van der Waals surface area contributed by atoms with Gasteiger partial charge in [0.2, 0.25) is 5.88 Å². The molecule has 6 nitrogen and oxygen atoms in total. The first kappa shape index (κ1) is 23.4. The smallest absolute Gasteiger partial charge is 0.349 e. The summed E-state index contributed by atoms with van der Waals surface area (Å²) in [6, 6.07) is 22.5. The maximum Gasteiger partial charge on any atom is 0.349 e. The third-order valence-corrected chi connectivity index (χ3v) is 6.06. The Morgan fingerprint density at radius 2 is 1.76 bits per heavy atom. The van der Waals surface area contributed by atoms with Gasteiger partial charge < -0.3 is 19.9 Å². The van der Waals surface area contributed by atoms with Crippen molar-refractivity contribution in [3.63, 3.8) is 0 Å². The number of ether oxygens (including phenoxy) is 3. The van der Waals surface area contributed by atoms with Gasteiger partial charge in [-0.25, -0.2) is 4.79 Å². The van der Waals surface area contributed by atoms with E-state index in [-0.39, 0.29) is 18.4 Å². The molecule has 7 heteroatoms. The predicted octanol–water partition coefficient (Wildman–Crippen LogP) is 5.78.